The third kappa shape index (κ3) is 2.85. The summed E-state index contributed by atoms with van der Waals surface area (Å²) in [7, 11) is 0. The number of alkyl halides is 2. The van der Waals surface area contributed by atoms with Crippen LogP contribution < -0.4 is 5.32 Å². The van der Waals surface area contributed by atoms with Gasteiger partial charge in [-0.25, -0.2) is 4.98 Å². The van der Waals surface area contributed by atoms with E-state index < -0.39 is 4.33 Å². The van der Waals surface area contributed by atoms with E-state index in [1.807, 2.05) is 31.2 Å². The Morgan fingerprint density at radius 1 is 1.59 bits per heavy atom. The number of halogens is 2. The monoisotopic (exact) mass is 337 g/mol. The van der Waals surface area contributed by atoms with Crippen molar-refractivity contribution in [3.63, 3.8) is 0 Å². The molecule has 1 fully saturated rings. The van der Waals surface area contributed by atoms with E-state index in [1.54, 1.807) is 0 Å². The van der Waals surface area contributed by atoms with Crippen LogP contribution in [0.15, 0.2) is 36.9 Å². The zero-order chi connectivity index (χ0) is 15.9. The van der Waals surface area contributed by atoms with E-state index in [4.69, 9.17) is 23.2 Å². The minimum Gasteiger partial charge on any atom is -0.343 e. The molecule has 1 amide bonds. The van der Waals surface area contributed by atoms with Crippen molar-refractivity contribution in [1.29, 1.82) is 0 Å². The molecule has 22 heavy (non-hydrogen) atoms. The van der Waals surface area contributed by atoms with E-state index in [1.165, 1.54) is 6.08 Å². The zero-order valence-corrected chi connectivity index (χ0v) is 13.7. The first-order valence-corrected chi connectivity index (χ1v) is 7.94. The van der Waals surface area contributed by atoms with Gasteiger partial charge in [0.25, 0.3) is 0 Å². The SMILES string of the molecule is C=CC(=O)NC(C)c1nc2ccccc2n1CC1CC1(Cl)Cl. The van der Waals surface area contributed by atoms with E-state index in [-0.39, 0.29) is 17.9 Å². The van der Waals surface area contributed by atoms with Crippen LogP contribution in [0.25, 0.3) is 11.0 Å². The first-order chi connectivity index (χ1) is 10.4. The Balaban J connectivity index is 1.97. The summed E-state index contributed by atoms with van der Waals surface area (Å²) in [4.78, 5) is 16.2. The zero-order valence-electron chi connectivity index (χ0n) is 12.2. The molecule has 6 heteroatoms. The van der Waals surface area contributed by atoms with E-state index in [0.29, 0.717) is 6.54 Å². The molecule has 0 saturated heterocycles. The molecule has 2 aromatic rings. The van der Waals surface area contributed by atoms with Gasteiger partial charge in [0.05, 0.1) is 17.1 Å². The van der Waals surface area contributed by atoms with Gasteiger partial charge < -0.3 is 9.88 Å². The molecule has 0 bridgehead atoms. The largest absolute Gasteiger partial charge is 0.343 e. The number of para-hydroxylation sites is 2. The summed E-state index contributed by atoms with van der Waals surface area (Å²) < 4.78 is 1.46. The van der Waals surface area contributed by atoms with Crippen molar-refractivity contribution in [3.05, 3.63) is 42.7 Å². The average molecular weight is 338 g/mol. The highest BCUT2D eigenvalue weighted by Gasteiger charge is 2.51. The molecule has 3 rings (SSSR count). The van der Waals surface area contributed by atoms with Crippen molar-refractivity contribution < 1.29 is 4.79 Å². The fraction of sp³-hybridized carbons (Fsp3) is 0.375. The van der Waals surface area contributed by atoms with E-state index in [0.717, 1.165) is 23.3 Å². The lowest BCUT2D eigenvalue weighted by atomic mass is 10.3. The first-order valence-electron chi connectivity index (χ1n) is 7.18. The molecule has 0 aliphatic heterocycles. The normalized spacial score (nSPS) is 20.6. The van der Waals surface area contributed by atoms with E-state index in [2.05, 4.69) is 21.4 Å². The Kier molecular flexibility index (Phi) is 3.91. The predicted octanol–water partition coefficient (Wildman–Crippen LogP) is 3.59. The van der Waals surface area contributed by atoms with Crippen LogP contribution in [0.4, 0.5) is 0 Å². The van der Waals surface area contributed by atoms with Crippen LogP contribution in [-0.2, 0) is 11.3 Å². The fourth-order valence-corrected chi connectivity index (χ4v) is 3.15. The lowest BCUT2D eigenvalue weighted by Gasteiger charge is -2.15. The Morgan fingerprint density at radius 3 is 2.91 bits per heavy atom. The molecule has 1 aliphatic carbocycles. The quantitative estimate of drug-likeness (QED) is 0.669. The van der Waals surface area contributed by atoms with Crippen molar-refractivity contribution in [2.45, 2.75) is 30.3 Å². The van der Waals surface area contributed by atoms with Gasteiger partial charge in [0.2, 0.25) is 5.91 Å². The molecule has 2 atom stereocenters. The van der Waals surface area contributed by atoms with Gasteiger partial charge in [-0.3, -0.25) is 4.79 Å². The summed E-state index contributed by atoms with van der Waals surface area (Å²) in [5.41, 5.74) is 1.92. The van der Waals surface area contributed by atoms with Crippen molar-refractivity contribution >= 4 is 40.1 Å². The molecule has 1 heterocycles. The molecule has 116 valence electrons. The van der Waals surface area contributed by atoms with E-state index in [9.17, 15) is 4.79 Å². The lowest BCUT2D eigenvalue weighted by molar-refractivity contribution is -0.117. The highest BCUT2D eigenvalue weighted by molar-refractivity contribution is 6.50. The Hall–Kier alpha value is -1.52. The number of carbonyl (C=O) groups excluding carboxylic acids is 1. The van der Waals surface area contributed by atoms with Gasteiger partial charge in [0.15, 0.2) is 0 Å². The maximum absolute atomic E-state index is 11.6. The summed E-state index contributed by atoms with van der Waals surface area (Å²) in [5.74, 6) is 0.781. The summed E-state index contributed by atoms with van der Waals surface area (Å²) in [6, 6.07) is 7.66. The van der Waals surface area contributed by atoms with Gasteiger partial charge in [0.1, 0.15) is 10.2 Å². The standard InChI is InChI=1S/C16H17Cl2N3O/c1-3-14(22)19-10(2)15-20-12-6-4-5-7-13(12)21(15)9-11-8-16(11,17)18/h3-7,10-11H,1,8-9H2,2H3,(H,19,22). The minimum absolute atomic E-state index is 0.203. The highest BCUT2D eigenvalue weighted by atomic mass is 35.5. The van der Waals surface area contributed by atoms with Gasteiger partial charge in [-0.15, -0.1) is 23.2 Å². The van der Waals surface area contributed by atoms with E-state index >= 15 is 0 Å². The van der Waals surface area contributed by atoms with Gasteiger partial charge in [-0.1, -0.05) is 18.7 Å². The Bertz CT molecular complexity index is 738. The van der Waals surface area contributed by atoms with Crippen molar-refractivity contribution in [2.24, 2.45) is 5.92 Å². The van der Waals surface area contributed by atoms with Gasteiger partial charge in [-0.2, -0.15) is 0 Å². The number of imidazole rings is 1. The molecule has 1 aliphatic rings. The average Bonchev–Trinajstić information content (AvgIpc) is 2.93. The summed E-state index contributed by atoms with van der Waals surface area (Å²) in [6.45, 7) is 6.07. The lowest BCUT2D eigenvalue weighted by Crippen LogP contribution is -2.27. The maximum Gasteiger partial charge on any atom is 0.243 e. The topological polar surface area (TPSA) is 46.9 Å². The molecule has 1 N–H and O–H groups in total. The van der Waals surface area contributed by atoms with Crippen LogP contribution in [-0.4, -0.2) is 19.8 Å². The molecule has 0 radical (unpaired) electrons. The van der Waals surface area contributed by atoms with Crippen LogP contribution >= 0.6 is 23.2 Å². The highest BCUT2D eigenvalue weighted by Crippen LogP contribution is 2.54. The second kappa shape index (κ2) is 5.60. The molecule has 2 unspecified atom stereocenters. The van der Waals surface area contributed by atoms with Crippen molar-refractivity contribution in [1.82, 2.24) is 14.9 Å². The molecule has 4 nitrogen and oxygen atoms in total. The van der Waals surface area contributed by atoms with Crippen LogP contribution in [0.3, 0.4) is 0 Å². The first kappa shape index (κ1) is 15.4. The number of fused-ring (bicyclic) bond motifs is 1. The smallest absolute Gasteiger partial charge is 0.243 e. The van der Waals surface area contributed by atoms with Gasteiger partial charge in [0, 0.05) is 12.5 Å². The van der Waals surface area contributed by atoms with Crippen LogP contribution in [0, 0.1) is 5.92 Å². The second-order valence-corrected chi connectivity index (χ2v) is 7.21. The summed E-state index contributed by atoms with van der Waals surface area (Å²) >= 11 is 12.3. The van der Waals surface area contributed by atoms with Crippen molar-refractivity contribution in [2.75, 3.05) is 0 Å². The maximum atomic E-state index is 11.6. The fourth-order valence-electron chi connectivity index (χ4n) is 2.64. The second-order valence-electron chi connectivity index (χ2n) is 5.67. The number of rotatable bonds is 5. The Labute approximate surface area is 139 Å². The number of amides is 1. The van der Waals surface area contributed by atoms with Gasteiger partial charge in [-0.05, 0) is 31.6 Å². The minimum atomic E-state index is -0.643. The number of aromatic nitrogens is 2. The van der Waals surface area contributed by atoms with Crippen LogP contribution in [0.1, 0.15) is 25.2 Å². The molecule has 0 spiro atoms. The summed E-state index contributed by atoms with van der Waals surface area (Å²) in [6.07, 6.45) is 2.03. The van der Waals surface area contributed by atoms with Crippen LogP contribution in [0.2, 0.25) is 0 Å². The predicted molar refractivity (Wildman–Crippen MR) is 89.0 cm³/mol. The number of hydrogen-bond acceptors (Lipinski definition) is 2. The molecule has 1 saturated carbocycles. The van der Waals surface area contributed by atoms with Gasteiger partial charge >= 0.3 is 0 Å². The number of nitrogens with one attached hydrogen (secondary N) is 1. The Morgan fingerprint density at radius 2 is 2.27 bits per heavy atom. The van der Waals surface area contributed by atoms with Crippen molar-refractivity contribution in [3.8, 4) is 0 Å². The molecule has 1 aromatic heterocycles. The number of benzene rings is 1. The third-order valence-corrected chi connectivity index (χ3v) is 4.90. The molecular formula is C16H17Cl2N3O. The molecular weight excluding hydrogens is 321 g/mol. The molecule has 1 aromatic carbocycles. The third-order valence-electron chi connectivity index (χ3n) is 3.97. The van der Waals surface area contributed by atoms with Crippen LogP contribution in [0.5, 0.6) is 0 Å². The number of nitrogens with zero attached hydrogens (tertiary/aromatic N) is 2. The number of carbonyl (C=O) groups is 1. The number of hydrogen-bond donors (Lipinski definition) is 1. The summed E-state index contributed by atoms with van der Waals surface area (Å²) in [5, 5.41) is 2.86.